The lowest BCUT2D eigenvalue weighted by molar-refractivity contribution is -0.136. The van der Waals surface area contributed by atoms with Gasteiger partial charge in [-0.25, -0.2) is 0 Å². The van der Waals surface area contributed by atoms with Gasteiger partial charge in [-0.15, -0.1) is 0 Å². The second-order valence-electron chi connectivity index (χ2n) is 7.45. The lowest BCUT2D eigenvalue weighted by atomic mass is 10.0. The molecule has 154 valence electrons. The van der Waals surface area contributed by atoms with Crippen molar-refractivity contribution in [1.29, 1.82) is 0 Å². The quantitative estimate of drug-likeness (QED) is 0.647. The first-order chi connectivity index (χ1) is 14.4. The number of nitrogens with zero attached hydrogens (tertiary/aromatic N) is 1. The SMILES string of the molecule is Cc1cc(CNc2cccc3c2C(=O)N(C2CCC(=O)NC2=O)C3=O)ccc1CO. The van der Waals surface area contributed by atoms with Crippen LogP contribution in [0, 0.1) is 6.92 Å². The van der Waals surface area contributed by atoms with Crippen LogP contribution >= 0.6 is 0 Å². The number of nitrogens with one attached hydrogen (secondary N) is 2. The van der Waals surface area contributed by atoms with Gasteiger partial charge in [0.25, 0.3) is 11.8 Å². The summed E-state index contributed by atoms with van der Waals surface area (Å²) >= 11 is 0. The van der Waals surface area contributed by atoms with Crippen LogP contribution in [0.15, 0.2) is 36.4 Å². The Morgan fingerprint density at radius 2 is 1.93 bits per heavy atom. The number of carbonyl (C=O) groups is 4. The normalized spacial score (nSPS) is 18.5. The highest BCUT2D eigenvalue weighted by atomic mass is 16.3. The molecule has 2 aromatic carbocycles. The summed E-state index contributed by atoms with van der Waals surface area (Å²) in [5.41, 5.74) is 3.74. The summed E-state index contributed by atoms with van der Waals surface area (Å²) in [4.78, 5) is 50.5. The lowest BCUT2D eigenvalue weighted by Crippen LogP contribution is -2.54. The van der Waals surface area contributed by atoms with Crippen LogP contribution in [-0.4, -0.2) is 39.7 Å². The first kappa shape index (κ1) is 19.8. The van der Waals surface area contributed by atoms with E-state index < -0.39 is 29.7 Å². The van der Waals surface area contributed by atoms with E-state index in [4.69, 9.17) is 0 Å². The van der Waals surface area contributed by atoms with Crippen molar-refractivity contribution < 1.29 is 24.3 Å². The number of piperidine rings is 1. The molecule has 8 heteroatoms. The highest BCUT2D eigenvalue weighted by Crippen LogP contribution is 2.32. The van der Waals surface area contributed by atoms with Gasteiger partial charge in [-0.05, 0) is 42.2 Å². The number of imide groups is 2. The number of aliphatic hydroxyl groups excluding tert-OH is 1. The van der Waals surface area contributed by atoms with Crippen LogP contribution in [0.3, 0.4) is 0 Å². The highest BCUT2D eigenvalue weighted by Gasteiger charge is 2.45. The van der Waals surface area contributed by atoms with E-state index in [0.29, 0.717) is 12.2 Å². The second kappa shape index (κ2) is 7.72. The molecule has 2 aromatic rings. The lowest BCUT2D eigenvalue weighted by Gasteiger charge is -2.27. The maximum absolute atomic E-state index is 13.1. The third kappa shape index (κ3) is 3.35. The van der Waals surface area contributed by atoms with Crippen LogP contribution in [-0.2, 0) is 22.7 Å². The molecule has 2 heterocycles. The van der Waals surface area contributed by atoms with Crippen molar-refractivity contribution >= 4 is 29.3 Å². The predicted molar refractivity (Wildman–Crippen MR) is 108 cm³/mol. The fraction of sp³-hybridized carbons (Fsp3) is 0.273. The van der Waals surface area contributed by atoms with Crippen molar-refractivity contribution in [2.24, 2.45) is 0 Å². The number of anilines is 1. The van der Waals surface area contributed by atoms with E-state index in [0.717, 1.165) is 21.6 Å². The van der Waals surface area contributed by atoms with Gasteiger partial charge in [0, 0.05) is 18.7 Å². The molecule has 1 atom stereocenters. The number of carbonyl (C=O) groups excluding carboxylic acids is 4. The van der Waals surface area contributed by atoms with Gasteiger partial charge in [-0.1, -0.05) is 24.3 Å². The molecule has 2 aliphatic rings. The first-order valence-electron chi connectivity index (χ1n) is 9.68. The third-order valence-electron chi connectivity index (χ3n) is 5.53. The van der Waals surface area contributed by atoms with Crippen molar-refractivity contribution in [3.63, 3.8) is 0 Å². The summed E-state index contributed by atoms with van der Waals surface area (Å²) in [5.74, 6) is -2.11. The molecule has 0 bridgehead atoms. The Morgan fingerprint density at radius 1 is 1.13 bits per heavy atom. The van der Waals surface area contributed by atoms with Gasteiger partial charge in [-0.3, -0.25) is 29.4 Å². The molecule has 4 rings (SSSR count). The summed E-state index contributed by atoms with van der Waals surface area (Å²) in [6, 6.07) is 9.65. The Hall–Kier alpha value is -3.52. The number of amides is 4. The Morgan fingerprint density at radius 3 is 2.63 bits per heavy atom. The highest BCUT2D eigenvalue weighted by molar-refractivity contribution is 6.25. The third-order valence-corrected chi connectivity index (χ3v) is 5.53. The molecule has 3 N–H and O–H groups in total. The number of rotatable bonds is 5. The predicted octanol–water partition coefficient (Wildman–Crippen LogP) is 1.50. The van der Waals surface area contributed by atoms with E-state index in [9.17, 15) is 24.3 Å². The maximum atomic E-state index is 13.1. The van der Waals surface area contributed by atoms with Crippen molar-refractivity contribution in [3.8, 4) is 0 Å². The average Bonchev–Trinajstić information content (AvgIpc) is 2.98. The zero-order chi connectivity index (χ0) is 21.4. The van der Waals surface area contributed by atoms with Crippen molar-refractivity contribution in [1.82, 2.24) is 10.2 Å². The molecule has 0 aliphatic carbocycles. The molecule has 1 saturated heterocycles. The zero-order valence-electron chi connectivity index (χ0n) is 16.4. The van der Waals surface area contributed by atoms with Crippen LogP contribution in [0.4, 0.5) is 5.69 Å². The minimum atomic E-state index is -0.989. The molecule has 0 saturated carbocycles. The number of fused-ring (bicyclic) bond motifs is 1. The van der Waals surface area contributed by atoms with Crippen LogP contribution < -0.4 is 10.6 Å². The Kier molecular flexibility index (Phi) is 5.09. The Balaban J connectivity index is 1.58. The van der Waals surface area contributed by atoms with Crippen molar-refractivity contribution in [2.45, 2.75) is 39.0 Å². The minimum absolute atomic E-state index is 0.0292. The number of hydrogen-bond donors (Lipinski definition) is 3. The van der Waals surface area contributed by atoms with E-state index in [1.165, 1.54) is 0 Å². The van der Waals surface area contributed by atoms with Gasteiger partial charge in [-0.2, -0.15) is 0 Å². The van der Waals surface area contributed by atoms with E-state index in [2.05, 4.69) is 10.6 Å². The fourth-order valence-corrected chi connectivity index (χ4v) is 3.90. The van der Waals surface area contributed by atoms with Gasteiger partial charge in [0.1, 0.15) is 6.04 Å². The first-order valence-corrected chi connectivity index (χ1v) is 9.68. The minimum Gasteiger partial charge on any atom is -0.392 e. The summed E-state index contributed by atoms with van der Waals surface area (Å²) in [6.45, 7) is 2.30. The maximum Gasteiger partial charge on any atom is 0.264 e. The van der Waals surface area contributed by atoms with E-state index in [1.807, 2.05) is 25.1 Å². The molecule has 30 heavy (non-hydrogen) atoms. The smallest absolute Gasteiger partial charge is 0.264 e. The standard InChI is InChI=1S/C22H21N3O5/c1-12-9-13(5-6-14(12)11-26)10-23-16-4-2-3-15-19(16)22(30)25(21(15)29)17-7-8-18(27)24-20(17)28/h2-6,9,17,23,26H,7-8,10-11H2,1H3,(H,24,27,28). The molecular formula is C22H21N3O5. The monoisotopic (exact) mass is 407 g/mol. The van der Waals surface area contributed by atoms with Crippen LogP contribution in [0.1, 0.15) is 50.2 Å². The van der Waals surface area contributed by atoms with E-state index in [1.54, 1.807) is 18.2 Å². The largest absolute Gasteiger partial charge is 0.392 e. The molecule has 0 radical (unpaired) electrons. The molecule has 0 aromatic heterocycles. The molecule has 0 spiro atoms. The van der Waals surface area contributed by atoms with E-state index in [-0.39, 0.29) is 30.6 Å². The summed E-state index contributed by atoms with van der Waals surface area (Å²) in [6.07, 6.45) is 0.202. The summed E-state index contributed by atoms with van der Waals surface area (Å²) in [5, 5.41) is 14.7. The van der Waals surface area contributed by atoms with Gasteiger partial charge in [0.05, 0.1) is 17.7 Å². The topological polar surface area (TPSA) is 116 Å². The average molecular weight is 407 g/mol. The van der Waals surface area contributed by atoms with Crippen molar-refractivity contribution in [2.75, 3.05) is 5.32 Å². The molecule has 8 nitrogen and oxygen atoms in total. The number of aryl methyl sites for hydroxylation is 1. The molecule has 1 unspecified atom stereocenters. The number of benzene rings is 2. The Labute approximate surface area is 172 Å². The summed E-state index contributed by atoms with van der Waals surface area (Å²) in [7, 11) is 0. The van der Waals surface area contributed by atoms with Gasteiger partial charge in [0.15, 0.2) is 0 Å². The van der Waals surface area contributed by atoms with Crippen LogP contribution in [0.5, 0.6) is 0 Å². The van der Waals surface area contributed by atoms with Gasteiger partial charge < -0.3 is 10.4 Å². The molecule has 4 amide bonds. The number of hydrogen-bond acceptors (Lipinski definition) is 6. The molecule has 1 fully saturated rings. The Bertz CT molecular complexity index is 1080. The zero-order valence-corrected chi connectivity index (χ0v) is 16.4. The van der Waals surface area contributed by atoms with Crippen molar-refractivity contribution in [3.05, 3.63) is 64.2 Å². The van der Waals surface area contributed by atoms with E-state index >= 15 is 0 Å². The van der Waals surface area contributed by atoms with Gasteiger partial charge >= 0.3 is 0 Å². The molecular weight excluding hydrogens is 386 g/mol. The number of aliphatic hydroxyl groups is 1. The second-order valence-corrected chi connectivity index (χ2v) is 7.45. The molecule has 2 aliphatic heterocycles. The fourth-order valence-electron chi connectivity index (χ4n) is 3.90. The van der Waals surface area contributed by atoms with Crippen LogP contribution in [0.25, 0.3) is 0 Å². The van der Waals surface area contributed by atoms with Gasteiger partial charge in [0.2, 0.25) is 11.8 Å². The summed E-state index contributed by atoms with van der Waals surface area (Å²) < 4.78 is 0. The van der Waals surface area contributed by atoms with Crippen LogP contribution in [0.2, 0.25) is 0 Å².